The first-order valence-electron chi connectivity index (χ1n) is 3.44. The number of hydrogen-bond acceptors (Lipinski definition) is 2. The number of hydrogen-bond donors (Lipinski definition) is 0. The van der Waals surface area contributed by atoms with Crippen LogP contribution in [0.15, 0.2) is 33.4 Å². The van der Waals surface area contributed by atoms with E-state index < -0.39 is 0 Å². The number of rotatable bonds is 1. The van der Waals surface area contributed by atoms with Gasteiger partial charge in [-0.3, -0.25) is 4.79 Å². The van der Waals surface area contributed by atoms with E-state index in [4.69, 9.17) is 4.42 Å². The average Bonchev–Trinajstić information content (AvgIpc) is 2.48. The molecule has 0 spiro atoms. The standard InChI is InChI=1S/C9H5BrO2/c10-8-5-12-9-6(4-11)2-1-3-7(8)9/h1-5H. The van der Waals surface area contributed by atoms with E-state index in [2.05, 4.69) is 15.9 Å². The van der Waals surface area contributed by atoms with Crippen molar-refractivity contribution >= 4 is 33.2 Å². The van der Waals surface area contributed by atoms with Crippen LogP contribution in [0.25, 0.3) is 11.0 Å². The van der Waals surface area contributed by atoms with Crippen LogP contribution in [0.1, 0.15) is 10.4 Å². The van der Waals surface area contributed by atoms with E-state index in [1.165, 1.54) is 0 Å². The lowest BCUT2D eigenvalue weighted by molar-refractivity contribution is 0.112. The van der Waals surface area contributed by atoms with Gasteiger partial charge < -0.3 is 4.42 Å². The number of benzene rings is 1. The van der Waals surface area contributed by atoms with Gasteiger partial charge in [-0.2, -0.15) is 0 Å². The Bertz CT molecular complexity index is 431. The summed E-state index contributed by atoms with van der Waals surface area (Å²) in [6, 6.07) is 5.45. The predicted molar refractivity (Wildman–Crippen MR) is 49.3 cm³/mol. The molecule has 2 nitrogen and oxygen atoms in total. The number of carbonyl (C=O) groups excluding carboxylic acids is 1. The summed E-state index contributed by atoms with van der Waals surface area (Å²) in [5, 5.41) is 0.930. The van der Waals surface area contributed by atoms with Crippen LogP contribution >= 0.6 is 15.9 Å². The molecule has 1 aromatic heterocycles. The smallest absolute Gasteiger partial charge is 0.153 e. The van der Waals surface area contributed by atoms with Crippen LogP contribution in [-0.4, -0.2) is 6.29 Å². The van der Waals surface area contributed by atoms with Crippen molar-refractivity contribution in [2.24, 2.45) is 0 Å². The van der Waals surface area contributed by atoms with Crippen molar-refractivity contribution in [3.8, 4) is 0 Å². The first kappa shape index (κ1) is 7.55. The lowest BCUT2D eigenvalue weighted by atomic mass is 10.2. The molecule has 0 amide bonds. The summed E-state index contributed by atoms with van der Waals surface area (Å²) in [6.45, 7) is 0. The maximum Gasteiger partial charge on any atom is 0.153 e. The van der Waals surface area contributed by atoms with Crippen LogP contribution in [0.2, 0.25) is 0 Å². The predicted octanol–water partition coefficient (Wildman–Crippen LogP) is 3.01. The van der Waals surface area contributed by atoms with Crippen molar-refractivity contribution in [1.82, 2.24) is 0 Å². The lowest BCUT2D eigenvalue weighted by Gasteiger charge is -1.90. The molecular formula is C9H5BrO2. The van der Waals surface area contributed by atoms with Gasteiger partial charge in [0.15, 0.2) is 6.29 Å². The Balaban J connectivity index is 2.89. The van der Waals surface area contributed by atoms with Crippen LogP contribution in [0.4, 0.5) is 0 Å². The summed E-state index contributed by atoms with van der Waals surface area (Å²) in [5.41, 5.74) is 1.22. The van der Waals surface area contributed by atoms with Crippen LogP contribution in [0.5, 0.6) is 0 Å². The number of aldehydes is 1. The highest BCUT2D eigenvalue weighted by Crippen LogP contribution is 2.27. The third kappa shape index (κ3) is 0.975. The summed E-state index contributed by atoms with van der Waals surface area (Å²) in [5.74, 6) is 0. The van der Waals surface area contributed by atoms with Gasteiger partial charge in [0.05, 0.1) is 10.0 Å². The van der Waals surface area contributed by atoms with Gasteiger partial charge >= 0.3 is 0 Å². The van der Waals surface area contributed by atoms with E-state index in [0.29, 0.717) is 11.1 Å². The first-order chi connectivity index (χ1) is 5.83. The fraction of sp³-hybridized carbons (Fsp3) is 0. The maximum absolute atomic E-state index is 10.6. The minimum atomic E-state index is 0.582. The highest BCUT2D eigenvalue weighted by Gasteiger charge is 2.05. The number of furan rings is 1. The van der Waals surface area contributed by atoms with Crippen LogP contribution in [-0.2, 0) is 0 Å². The fourth-order valence-electron chi connectivity index (χ4n) is 1.14. The van der Waals surface area contributed by atoms with Crippen molar-refractivity contribution in [2.45, 2.75) is 0 Å². The molecule has 0 bridgehead atoms. The lowest BCUT2D eigenvalue weighted by Crippen LogP contribution is -1.78. The van der Waals surface area contributed by atoms with Crippen LogP contribution in [0, 0.1) is 0 Å². The number of para-hydroxylation sites is 1. The summed E-state index contributed by atoms with van der Waals surface area (Å²) in [7, 11) is 0. The molecule has 0 radical (unpaired) electrons. The molecule has 0 saturated carbocycles. The summed E-state index contributed by atoms with van der Waals surface area (Å²) >= 11 is 3.32. The second-order valence-electron chi connectivity index (χ2n) is 2.43. The largest absolute Gasteiger partial charge is 0.462 e. The molecule has 1 heterocycles. The fourth-order valence-corrected chi connectivity index (χ4v) is 1.55. The molecule has 1 aromatic carbocycles. The second-order valence-corrected chi connectivity index (χ2v) is 3.28. The molecule has 0 aliphatic heterocycles. The van der Waals surface area contributed by atoms with Crippen molar-refractivity contribution in [1.29, 1.82) is 0 Å². The first-order valence-corrected chi connectivity index (χ1v) is 4.23. The topological polar surface area (TPSA) is 30.2 Å². The average molecular weight is 225 g/mol. The molecule has 0 saturated heterocycles. The molecule has 0 aliphatic rings. The van der Waals surface area contributed by atoms with E-state index in [0.717, 1.165) is 16.1 Å². The van der Waals surface area contributed by atoms with E-state index in [1.54, 1.807) is 12.3 Å². The Labute approximate surface area is 77.3 Å². The Kier molecular flexibility index (Phi) is 1.73. The van der Waals surface area contributed by atoms with E-state index in [1.807, 2.05) is 12.1 Å². The molecule has 0 N–H and O–H groups in total. The number of fused-ring (bicyclic) bond motifs is 1. The molecular weight excluding hydrogens is 220 g/mol. The van der Waals surface area contributed by atoms with Gasteiger partial charge in [0, 0.05) is 5.39 Å². The summed E-state index contributed by atoms with van der Waals surface area (Å²) in [4.78, 5) is 10.6. The molecule has 3 heteroatoms. The Morgan fingerprint density at radius 2 is 2.25 bits per heavy atom. The van der Waals surface area contributed by atoms with Gasteiger partial charge in [0.25, 0.3) is 0 Å². The number of carbonyl (C=O) groups is 1. The van der Waals surface area contributed by atoms with Crippen LogP contribution in [0.3, 0.4) is 0 Å². The van der Waals surface area contributed by atoms with E-state index >= 15 is 0 Å². The van der Waals surface area contributed by atoms with Crippen LogP contribution < -0.4 is 0 Å². The van der Waals surface area contributed by atoms with Gasteiger partial charge in [-0.1, -0.05) is 6.07 Å². The molecule has 2 aromatic rings. The highest BCUT2D eigenvalue weighted by atomic mass is 79.9. The second kappa shape index (κ2) is 2.75. The minimum absolute atomic E-state index is 0.582. The normalized spacial score (nSPS) is 10.4. The Hall–Kier alpha value is -1.09. The molecule has 0 fully saturated rings. The van der Waals surface area contributed by atoms with E-state index in [9.17, 15) is 4.79 Å². The van der Waals surface area contributed by atoms with Crippen molar-refractivity contribution in [3.05, 3.63) is 34.5 Å². The molecule has 60 valence electrons. The highest BCUT2D eigenvalue weighted by molar-refractivity contribution is 9.10. The van der Waals surface area contributed by atoms with Gasteiger partial charge in [0.1, 0.15) is 11.8 Å². The molecule has 0 unspecified atom stereocenters. The minimum Gasteiger partial charge on any atom is -0.462 e. The number of halogens is 1. The zero-order chi connectivity index (χ0) is 8.55. The quantitative estimate of drug-likeness (QED) is 0.698. The zero-order valence-corrected chi connectivity index (χ0v) is 7.67. The Morgan fingerprint density at radius 3 is 3.00 bits per heavy atom. The molecule has 0 aliphatic carbocycles. The van der Waals surface area contributed by atoms with Crippen molar-refractivity contribution in [2.75, 3.05) is 0 Å². The third-order valence-electron chi connectivity index (χ3n) is 1.71. The van der Waals surface area contributed by atoms with Crippen molar-refractivity contribution in [3.63, 3.8) is 0 Å². The van der Waals surface area contributed by atoms with Gasteiger partial charge in [0.2, 0.25) is 0 Å². The Morgan fingerprint density at radius 1 is 1.42 bits per heavy atom. The molecule has 12 heavy (non-hydrogen) atoms. The third-order valence-corrected chi connectivity index (χ3v) is 2.32. The summed E-state index contributed by atoms with van der Waals surface area (Å²) in [6.07, 6.45) is 2.37. The van der Waals surface area contributed by atoms with Gasteiger partial charge in [-0.05, 0) is 28.1 Å². The SMILES string of the molecule is O=Cc1cccc2c(Br)coc12. The van der Waals surface area contributed by atoms with Gasteiger partial charge in [-0.15, -0.1) is 0 Å². The monoisotopic (exact) mass is 224 g/mol. The maximum atomic E-state index is 10.6. The molecule has 0 atom stereocenters. The van der Waals surface area contributed by atoms with Crippen molar-refractivity contribution < 1.29 is 9.21 Å². The zero-order valence-electron chi connectivity index (χ0n) is 6.08. The van der Waals surface area contributed by atoms with Gasteiger partial charge in [-0.25, -0.2) is 0 Å². The van der Waals surface area contributed by atoms with E-state index in [-0.39, 0.29) is 0 Å². The summed E-state index contributed by atoms with van der Waals surface area (Å²) < 4.78 is 6.07. The molecule has 2 rings (SSSR count).